The van der Waals surface area contributed by atoms with Crippen LogP contribution in [0.4, 0.5) is 0 Å². The number of esters is 1. The van der Waals surface area contributed by atoms with Crippen molar-refractivity contribution >= 4 is 11.5 Å². The van der Waals surface area contributed by atoms with Crippen molar-refractivity contribution in [2.45, 2.75) is 110 Å². The molecule has 168 valence electrons. The maximum Gasteiger partial charge on any atom is 0.347 e. The van der Waals surface area contributed by atoms with Crippen LogP contribution in [0.15, 0.2) is 30.3 Å². The van der Waals surface area contributed by atoms with Crippen LogP contribution in [-0.2, 0) is 9.53 Å². The van der Waals surface area contributed by atoms with E-state index in [2.05, 4.69) is 25.1 Å². The van der Waals surface area contributed by atoms with E-state index in [-0.39, 0.29) is 5.97 Å². The maximum absolute atomic E-state index is 12.4. The third kappa shape index (κ3) is 9.36. The number of rotatable bonds is 15. The number of carbonyl (C=O) groups excluding carboxylic acids is 1. The first-order valence-corrected chi connectivity index (χ1v) is 12.4. The van der Waals surface area contributed by atoms with Gasteiger partial charge in [-0.25, -0.2) is 4.79 Å². The van der Waals surface area contributed by atoms with Gasteiger partial charge in [0.25, 0.3) is 0 Å². The Kier molecular flexibility index (Phi) is 12.3. The summed E-state index contributed by atoms with van der Waals surface area (Å²) in [5, 5.41) is 0. The second kappa shape index (κ2) is 15.1. The highest BCUT2D eigenvalue weighted by Gasteiger charge is 2.21. The molecule has 3 nitrogen and oxygen atoms in total. The van der Waals surface area contributed by atoms with E-state index in [0.29, 0.717) is 6.61 Å². The third-order valence-electron chi connectivity index (χ3n) is 5.91. The minimum Gasteiger partial charge on any atom is -0.479 e. The molecule has 1 aliphatic rings. The molecule has 0 heterocycles. The van der Waals surface area contributed by atoms with Crippen LogP contribution in [0.2, 0.25) is 0 Å². The van der Waals surface area contributed by atoms with Crippen molar-refractivity contribution in [1.82, 2.24) is 0 Å². The Bertz CT molecular complexity index is 618. The molecule has 0 spiro atoms. The van der Waals surface area contributed by atoms with Crippen LogP contribution >= 0.6 is 0 Å². The summed E-state index contributed by atoms with van der Waals surface area (Å²) in [6.07, 6.45) is 18.9. The highest BCUT2D eigenvalue weighted by Crippen LogP contribution is 2.28. The van der Waals surface area contributed by atoms with Gasteiger partial charge in [-0.3, -0.25) is 0 Å². The molecule has 1 aromatic carbocycles. The zero-order valence-electron chi connectivity index (χ0n) is 19.3. The molecule has 0 saturated carbocycles. The van der Waals surface area contributed by atoms with E-state index < -0.39 is 6.10 Å². The van der Waals surface area contributed by atoms with Crippen LogP contribution in [0.5, 0.6) is 5.75 Å². The highest BCUT2D eigenvalue weighted by molar-refractivity contribution is 5.75. The van der Waals surface area contributed by atoms with E-state index in [1.165, 1.54) is 75.3 Å². The Morgan fingerprint density at radius 2 is 1.57 bits per heavy atom. The van der Waals surface area contributed by atoms with Crippen LogP contribution in [0.25, 0.3) is 5.57 Å². The molecule has 0 radical (unpaired) electrons. The second-order valence-electron chi connectivity index (χ2n) is 8.48. The molecule has 2 rings (SSSR count). The summed E-state index contributed by atoms with van der Waals surface area (Å²) in [5.74, 6) is 0.514. The Morgan fingerprint density at radius 1 is 0.900 bits per heavy atom. The van der Waals surface area contributed by atoms with Gasteiger partial charge in [0, 0.05) is 0 Å². The highest BCUT2D eigenvalue weighted by atomic mass is 16.6. The van der Waals surface area contributed by atoms with Gasteiger partial charge >= 0.3 is 5.97 Å². The molecular weight excluding hydrogens is 372 g/mol. The number of carbonyl (C=O) groups is 1. The topological polar surface area (TPSA) is 35.5 Å². The predicted molar refractivity (Wildman–Crippen MR) is 126 cm³/mol. The molecule has 0 bridgehead atoms. The first kappa shape index (κ1) is 24.5. The van der Waals surface area contributed by atoms with E-state index in [1.54, 1.807) is 0 Å². The molecule has 0 N–H and O–H groups in total. The lowest BCUT2D eigenvalue weighted by molar-refractivity contribution is -0.151. The van der Waals surface area contributed by atoms with Gasteiger partial charge in [0.1, 0.15) is 5.75 Å². The lowest BCUT2D eigenvalue weighted by Crippen LogP contribution is -2.29. The average Bonchev–Trinajstić information content (AvgIpc) is 2.78. The summed E-state index contributed by atoms with van der Waals surface area (Å²) in [5.41, 5.74) is 2.71. The van der Waals surface area contributed by atoms with Crippen molar-refractivity contribution < 1.29 is 14.3 Å². The molecular formula is C27H42O3. The number of benzene rings is 1. The normalized spacial score (nSPS) is 14.8. The van der Waals surface area contributed by atoms with Gasteiger partial charge in [-0.2, -0.15) is 0 Å². The van der Waals surface area contributed by atoms with Crippen molar-refractivity contribution in [3.8, 4) is 5.75 Å². The molecule has 3 heteroatoms. The Hall–Kier alpha value is -1.77. The van der Waals surface area contributed by atoms with Crippen molar-refractivity contribution in [3.63, 3.8) is 0 Å². The van der Waals surface area contributed by atoms with Crippen LogP contribution in [0.1, 0.15) is 109 Å². The van der Waals surface area contributed by atoms with Gasteiger partial charge in [0.15, 0.2) is 6.10 Å². The van der Waals surface area contributed by atoms with Crippen molar-refractivity contribution in [3.05, 3.63) is 35.9 Å². The lowest BCUT2D eigenvalue weighted by Gasteiger charge is -2.18. The molecule has 1 atom stereocenters. The minimum atomic E-state index is -0.505. The third-order valence-corrected chi connectivity index (χ3v) is 5.91. The monoisotopic (exact) mass is 414 g/mol. The zero-order valence-corrected chi connectivity index (χ0v) is 19.3. The molecule has 0 aliphatic heterocycles. The van der Waals surface area contributed by atoms with Gasteiger partial charge in [-0.1, -0.05) is 76.5 Å². The lowest BCUT2D eigenvalue weighted by atomic mass is 9.94. The molecule has 0 saturated heterocycles. The van der Waals surface area contributed by atoms with Gasteiger partial charge in [-0.15, -0.1) is 0 Å². The number of hydrogen-bond donors (Lipinski definition) is 0. The van der Waals surface area contributed by atoms with E-state index in [9.17, 15) is 4.79 Å². The molecule has 0 amide bonds. The van der Waals surface area contributed by atoms with Crippen molar-refractivity contribution in [2.75, 3.05) is 6.61 Å². The summed E-state index contributed by atoms with van der Waals surface area (Å²) in [4.78, 5) is 12.4. The largest absolute Gasteiger partial charge is 0.479 e. The first-order valence-electron chi connectivity index (χ1n) is 12.4. The summed E-state index contributed by atoms with van der Waals surface area (Å²) < 4.78 is 11.3. The smallest absolute Gasteiger partial charge is 0.347 e. The second-order valence-corrected chi connectivity index (χ2v) is 8.48. The van der Waals surface area contributed by atoms with Crippen LogP contribution in [0.3, 0.4) is 0 Å². The van der Waals surface area contributed by atoms with Gasteiger partial charge in [0.2, 0.25) is 0 Å². The zero-order chi connectivity index (χ0) is 21.4. The fraction of sp³-hybridized carbons (Fsp3) is 0.667. The fourth-order valence-corrected chi connectivity index (χ4v) is 4.11. The van der Waals surface area contributed by atoms with E-state index in [0.717, 1.165) is 31.4 Å². The molecule has 1 aliphatic carbocycles. The molecule has 0 aromatic heterocycles. The Morgan fingerprint density at radius 3 is 2.17 bits per heavy atom. The van der Waals surface area contributed by atoms with Gasteiger partial charge in [-0.05, 0) is 68.7 Å². The van der Waals surface area contributed by atoms with Gasteiger partial charge in [0.05, 0.1) is 6.61 Å². The van der Waals surface area contributed by atoms with Crippen molar-refractivity contribution in [1.29, 1.82) is 0 Å². The molecule has 1 unspecified atom stereocenters. The molecule has 1 aromatic rings. The van der Waals surface area contributed by atoms with E-state index >= 15 is 0 Å². The number of ether oxygens (including phenoxy) is 2. The summed E-state index contributed by atoms with van der Waals surface area (Å²) in [7, 11) is 0. The van der Waals surface area contributed by atoms with E-state index in [1.807, 2.05) is 19.1 Å². The standard InChI is InChI=1S/C27H42O3/c1-3-5-6-7-8-9-10-11-15-18-26(27(28)29-4-2)30-25-21-19-24(20-22-25)23-16-13-12-14-17-23/h16,19-22,26H,3-15,17-18H2,1-2H3. The fourth-order valence-electron chi connectivity index (χ4n) is 4.11. The maximum atomic E-state index is 12.4. The summed E-state index contributed by atoms with van der Waals surface area (Å²) >= 11 is 0. The summed E-state index contributed by atoms with van der Waals surface area (Å²) in [6.45, 7) is 4.49. The first-order chi connectivity index (χ1) is 14.7. The van der Waals surface area contributed by atoms with Crippen molar-refractivity contribution in [2.24, 2.45) is 0 Å². The molecule has 30 heavy (non-hydrogen) atoms. The molecule has 0 fully saturated rings. The number of hydrogen-bond acceptors (Lipinski definition) is 3. The number of unbranched alkanes of at least 4 members (excludes halogenated alkanes) is 8. The van der Waals surface area contributed by atoms with Crippen LogP contribution < -0.4 is 4.74 Å². The summed E-state index contributed by atoms with van der Waals surface area (Å²) in [6, 6.07) is 8.22. The quantitative estimate of drug-likeness (QED) is 0.216. The SMILES string of the molecule is CCCCCCCCCCCC(Oc1ccc(C2=CCCCC2)cc1)C(=O)OCC. The predicted octanol–water partition coefficient (Wildman–Crippen LogP) is 7.88. The minimum absolute atomic E-state index is 0.240. The number of allylic oxidation sites excluding steroid dienone is 2. The van der Waals surface area contributed by atoms with Gasteiger partial charge < -0.3 is 9.47 Å². The Labute approximate surface area is 184 Å². The van der Waals surface area contributed by atoms with Crippen LogP contribution in [0, 0.1) is 0 Å². The average molecular weight is 415 g/mol. The Balaban J connectivity index is 1.77. The van der Waals surface area contributed by atoms with E-state index in [4.69, 9.17) is 9.47 Å². The van der Waals surface area contributed by atoms with Crippen LogP contribution in [-0.4, -0.2) is 18.7 Å².